The van der Waals surface area contributed by atoms with E-state index in [1.54, 1.807) is 17.1 Å². The number of hydrogen-bond donors (Lipinski definition) is 0. The first-order valence-electron chi connectivity index (χ1n) is 10.4. The Bertz CT molecular complexity index is 1720. The number of hydrogen-bond acceptors (Lipinski definition) is 6. The van der Waals surface area contributed by atoms with Crippen LogP contribution in [0.4, 0.5) is 0 Å². The van der Waals surface area contributed by atoms with Crippen LogP contribution in [0.5, 0.6) is 0 Å². The van der Waals surface area contributed by atoms with Crippen LogP contribution in [0.15, 0.2) is 90.1 Å². The minimum atomic E-state index is -0.225. The predicted octanol–water partition coefficient (Wildman–Crippen LogP) is 4.27. The van der Waals surface area contributed by atoms with Crippen molar-refractivity contribution in [3.05, 3.63) is 111 Å². The molecule has 0 aliphatic carbocycles. The highest BCUT2D eigenvalue weighted by Gasteiger charge is 2.15. The molecule has 0 fully saturated rings. The first-order chi connectivity index (χ1) is 16.7. The van der Waals surface area contributed by atoms with Crippen LogP contribution in [0.1, 0.15) is 5.56 Å². The van der Waals surface area contributed by atoms with E-state index in [2.05, 4.69) is 15.1 Å². The second kappa shape index (κ2) is 8.33. The van der Waals surface area contributed by atoms with E-state index < -0.39 is 0 Å². The van der Waals surface area contributed by atoms with Gasteiger partial charge >= 0.3 is 0 Å². The Hall–Kier alpha value is -4.14. The molecule has 0 aliphatic heterocycles. The zero-order valence-corrected chi connectivity index (χ0v) is 19.1. The van der Waals surface area contributed by atoms with Gasteiger partial charge in [0, 0.05) is 40.3 Å². The van der Waals surface area contributed by atoms with Crippen molar-refractivity contribution in [1.29, 1.82) is 0 Å². The monoisotopic (exact) mass is 482 g/mol. The molecule has 7 nitrogen and oxygen atoms in total. The lowest BCUT2D eigenvalue weighted by Crippen LogP contribution is -2.23. The molecule has 0 N–H and O–H groups in total. The number of para-hydroxylation sites is 1. The molecule has 34 heavy (non-hydrogen) atoms. The quantitative estimate of drug-likeness (QED) is 0.375. The summed E-state index contributed by atoms with van der Waals surface area (Å²) < 4.78 is 3.66. The Morgan fingerprint density at radius 3 is 2.47 bits per heavy atom. The van der Waals surface area contributed by atoms with E-state index in [1.807, 2.05) is 79.0 Å². The van der Waals surface area contributed by atoms with Crippen molar-refractivity contribution in [3.63, 3.8) is 0 Å². The molecule has 0 unspecified atom stereocenters. The van der Waals surface area contributed by atoms with Gasteiger partial charge in [0.25, 0.3) is 5.56 Å². The van der Waals surface area contributed by atoms with Crippen LogP contribution >= 0.6 is 22.9 Å². The number of fused-ring (bicyclic) bond motifs is 1. The molecule has 6 rings (SSSR count). The molecular formula is C25H15ClN6OS. The summed E-state index contributed by atoms with van der Waals surface area (Å²) >= 11 is 7.37. The molecule has 0 atom stereocenters. The highest BCUT2D eigenvalue weighted by atomic mass is 35.5. The molecule has 0 amide bonds. The second-order valence-corrected chi connectivity index (χ2v) is 8.95. The van der Waals surface area contributed by atoms with Crippen LogP contribution in [0.25, 0.3) is 39.4 Å². The van der Waals surface area contributed by atoms with Crippen LogP contribution in [0.2, 0.25) is 5.02 Å². The van der Waals surface area contributed by atoms with Gasteiger partial charge in [-0.25, -0.2) is 4.68 Å². The van der Waals surface area contributed by atoms with Crippen molar-refractivity contribution in [3.8, 4) is 28.3 Å². The first-order valence-corrected chi connectivity index (χ1v) is 11.6. The third-order valence-electron chi connectivity index (χ3n) is 5.27. The van der Waals surface area contributed by atoms with Gasteiger partial charge in [0.1, 0.15) is 5.69 Å². The molecule has 0 spiro atoms. The summed E-state index contributed by atoms with van der Waals surface area (Å²) in [5.74, 6) is 0.474. The fourth-order valence-electron chi connectivity index (χ4n) is 3.63. The molecule has 9 heteroatoms. The Morgan fingerprint density at radius 1 is 0.912 bits per heavy atom. The SMILES string of the molecule is O=c1/c(=C/c2cn(-c3ccccc3)nc2-c2ccc(Cl)cc2)sc2nc(-c3cccnc3)nn12. The Kier molecular flexibility index (Phi) is 5.01. The normalized spacial score (nSPS) is 12.0. The Morgan fingerprint density at radius 2 is 1.74 bits per heavy atom. The molecule has 0 saturated heterocycles. The maximum atomic E-state index is 13.1. The Balaban J connectivity index is 1.50. The van der Waals surface area contributed by atoms with Gasteiger partial charge in [-0.1, -0.05) is 53.3 Å². The van der Waals surface area contributed by atoms with E-state index >= 15 is 0 Å². The summed E-state index contributed by atoms with van der Waals surface area (Å²) in [5, 5.41) is 9.84. The lowest BCUT2D eigenvalue weighted by atomic mass is 10.1. The predicted molar refractivity (Wildman–Crippen MR) is 133 cm³/mol. The number of rotatable bonds is 4. The van der Waals surface area contributed by atoms with E-state index in [9.17, 15) is 4.79 Å². The van der Waals surface area contributed by atoms with Gasteiger partial charge in [-0.3, -0.25) is 9.78 Å². The molecule has 164 valence electrons. The minimum absolute atomic E-state index is 0.225. The van der Waals surface area contributed by atoms with Gasteiger partial charge in [-0.15, -0.1) is 5.10 Å². The average Bonchev–Trinajstić information content (AvgIpc) is 3.56. The van der Waals surface area contributed by atoms with Crippen molar-refractivity contribution >= 4 is 34.0 Å². The number of benzene rings is 2. The highest BCUT2D eigenvalue weighted by molar-refractivity contribution is 7.15. The summed E-state index contributed by atoms with van der Waals surface area (Å²) in [4.78, 5) is 22.3. The van der Waals surface area contributed by atoms with Crippen LogP contribution in [0.3, 0.4) is 0 Å². The Labute approximate surface area is 202 Å². The van der Waals surface area contributed by atoms with E-state index in [0.717, 1.165) is 28.1 Å². The van der Waals surface area contributed by atoms with Crippen molar-refractivity contribution in [2.45, 2.75) is 0 Å². The molecule has 6 aromatic rings. The number of nitrogens with zero attached hydrogens (tertiary/aromatic N) is 6. The third-order valence-corrected chi connectivity index (χ3v) is 6.48. The number of aromatic nitrogens is 6. The van der Waals surface area contributed by atoms with E-state index in [1.165, 1.54) is 15.9 Å². The first kappa shape index (κ1) is 20.5. The number of thiazole rings is 1. The molecule has 4 aromatic heterocycles. The number of halogens is 1. The van der Waals surface area contributed by atoms with Crippen molar-refractivity contribution < 1.29 is 0 Å². The van der Waals surface area contributed by atoms with Gasteiger partial charge in [0.2, 0.25) is 4.96 Å². The summed E-state index contributed by atoms with van der Waals surface area (Å²) in [7, 11) is 0. The van der Waals surface area contributed by atoms with Crippen LogP contribution < -0.4 is 10.1 Å². The average molecular weight is 483 g/mol. The van der Waals surface area contributed by atoms with Gasteiger partial charge in [-0.05, 0) is 42.5 Å². The standard InChI is InChI=1S/C25H15ClN6OS/c26-19-10-8-16(9-11-19)22-18(15-31(29-22)20-6-2-1-3-7-20)13-21-24(33)32-25(34-21)28-23(30-32)17-5-4-12-27-14-17/h1-15H/b21-13-. The third kappa shape index (κ3) is 3.68. The van der Waals surface area contributed by atoms with Crippen molar-refractivity contribution in [2.24, 2.45) is 0 Å². The fourth-order valence-corrected chi connectivity index (χ4v) is 4.65. The lowest BCUT2D eigenvalue weighted by molar-refractivity contribution is 0.884. The van der Waals surface area contributed by atoms with E-state index in [0.29, 0.717) is 20.3 Å². The summed E-state index contributed by atoms with van der Waals surface area (Å²) in [6, 6.07) is 21.0. The number of pyridine rings is 1. The van der Waals surface area contributed by atoms with Gasteiger partial charge in [0.15, 0.2) is 5.82 Å². The molecule has 4 heterocycles. The van der Waals surface area contributed by atoms with E-state index in [-0.39, 0.29) is 5.56 Å². The lowest BCUT2D eigenvalue weighted by Gasteiger charge is -2.00. The fraction of sp³-hybridized carbons (Fsp3) is 0. The summed E-state index contributed by atoms with van der Waals surface area (Å²) in [5.41, 5.74) is 3.91. The summed E-state index contributed by atoms with van der Waals surface area (Å²) in [6.07, 6.45) is 7.11. The molecule has 0 radical (unpaired) electrons. The molecule has 2 aromatic carbocycles. The zero-order valence-electron chi connectivity index (χ0n) is 17.5. The molecule has 0 aliphatic rings. The molecule has 0 bridgehead atoms. The molecule has 0 saturated carbocycles. The second-order valence-electron chi connectivity index (χ2n) is 7.51. The molecular weight excluding hydrogens is 468 g/mol. The van der Waals surface area contributed by atoms with Crippen LogP contribution in [0, 0.1) is 0 Å². The minimum Gasteiger partial charge on any atom is -0.266 e. The zero-order chi connectivity index (χ0) is 23.1. The van der Waals surface area contributed by atoms with E-state index in [4.69, 9.17) is 16.7 Å². The maximum absolute atomic E-state index is 13.1. The van der Waals surface area contributed by atoms with Gasteiger partial charge < -0.3 is 0 Å². The highest BCUT2D eigenvalue weighted by Crippen LogP contribution is 2.26. The van der Waals surface area contributed by atoms with Gasteiger partial charge in [0.05, 0.1) is 10.2 Å². The van der Waals surface area contributed by atoms with Crippen molar-refractivity contribution in [1.82, 2.24) is 29.4 Å². The topological polar surface area (TPSA) is 78.0 Å². The van der Waals surface area contributed by atoms with Crippen molar-refractivity contribution in [2.75, 3.05) is 0 Å². The smallest absolute Gasteiger partial charge is 0.266 e. The van der Waals surface area contributed by atoms with Crippen LogP contribution in [-0.4, -0.2) is 29.4 Å². The van der Waals surface area contributed by atoms with Gasteiger partial charge in [-0.2, -0.15) is 14.6 Å². The summed E-state index contributed by atoms with van der Waals surface area (Å²) in [6.45, 7) is 0. The van der Waals surface area contributed by atoms with Crippen LogP contribution in [-0.2, 0) is 0 Å². The largest absolute Gasteiger partial charge is 0.291 e. The maximum Gasteiger partial charge on any atom is 0.291 e.